The summed E-state index contributed by atoms with van der Waals surface area (Å²) >= 11 is 1.82. The lowest BCUT2D eigenvalue weighted by molar-refractivity contribution is 0.600. The lowest BCUT2D eigenvalue weighted by Crippen LogP contribution is -2.26. The van der Waals surface area contributed by atoms with Crippen LogP contribution in [-0.2, 0) is 13.0 Å². The summed E-state index contributed by atoms with van der Waals surface area (Å²) in [4.78, 5) is 1.43. The topological polar surface area (TPSA) is 38.0 Å². The van der Waals surface area contributed by atoms with Crippen LogP contribution in [0, 0.1) is 0 Å². The fourth-order valence-corrected chi connectivity index (χ4v) is 2.94. The predicted molar refractivity (Wildman–Crippen MR) is 78.8 cm³/mol. The molecule has 0 saturated heterocycles. The number of hydrogen-bond acceptors (Lipinski definition) is 3. The van der Waals surface area contributed by atoms with E-state index in [0.717, 1.165) is 19.5 Å². The second kappa shape index (κ2) is 6.69. The van der Waals surface area contributed by atoms with E-state index in [2.05, 4.69) is 35.8 Å². The molecule has 1 unspecified atom stereocenters. The monoisotopic (exact) mass is 260 g/mol. The molecule has 0 amide bonds. The van der Waals surface area contributed by atoms with E-state index in [9.17, 15) is 0 Å². The van der Waals surface area contributed by atoms with Crippen molar-refractivity contribution in [3.8, 4) is 0 Å². The van der Waals surface area contributed by atoms with Gasteiger partial charge in [-0.2, -0.15) is 0 Å². The van der Waals surface area contributed by atoms with Crippen molar-refractivity contribution >= 4 is 11.3 Å². The molecule has 1 aromatic carbocycles. The van der Waals surface area contributed by atoms with E-state index in [1.807, 2.05) is 29.5 Å². The van der Waals surface area contributed by atoms with E-state index in [1.54, 1.807) is 0 Å². The van der Waals surface area contributed by atoms with Crippen molar-refractivity contribution in [2.75, 3.05) is 6.54 Å². The van der Waals surface area contributed by atoms with Gasteiger partial charge in [0, 0.05) is 24.0 Å². The molecule has 0 fully saturated rings. The molecule has 1 atom stereocenters. The number of rotatable bonds is 6. The first-order chi connectivity index (χ1) is 8.81. The third-order valence-electron chi connectivity index (χ3n) is 3.10. The van der Waals surface area contributed by atoms with Gasteiger partial charge in [-0.1, -0.05) is 37.3 Å². The van der Waals surface area contributed by atoms with Gasteiger partial charge in [0.05, 0.1) is 0 Å². The second-order valence-corrected chi connectivity index (χ2v) is 5.37. The van der Waals surface area contributed by atoms with E-state index in [0.29, 0.717) is 0 Å². The van der Waals surface area contributed by atoms with Crippen LogP contribution < -0.4 is 11.1 Å². The summed E-state index contributed by atoms with van der Waals surface area (Å²) in [5.74, 6) is 0. The first-order valence-electron chi connectivity index (χ1n) is 6.37. The molecule has 18 heavy (non-hydrogen) atoms. The van der Waals surface area contributed by atoms with Gasteiger partial charge in [-0.25, -0.2) is 0 Å². The van der Waals surface area contributed by atoms with Crippen LogP contribution in [0.4, 0.5) is 0 Å². The van der Waals surface area contributed by atoms with E-state index in [4.69, 9.17) is 5.73 Å². The minimum Gasteiger partial charge on any atom is -0.323 e. The summed E-state index contributed by atoms with van der Waals surface area (Å²) in [6.45, 7) is 3.92. The zero-order chi connectivity index (χ0) is 12.8. The molecule has 3 heteroatoms. The molecule has 0 aliphatic carbocycles. The summed E-state index contributed by atoms with van der Waals surface area (Å²) in [5, 5.41) is 5.61. The first-order valence-corrected chi connectivity index (χ1v) is 7.25. The van der Waals surface area contributed by atoms with Crippen molar-refractivity contribution in [3.63, 3.8) is 0 Å². The Bertz CT molecular complexity index is 464. The van der Waals surface area contributed by atoms with Crippen molar-refractivity contribution in [2.24, 2.45) is 5.73 Å². The van der Waals surface area contributed by atoms with Crippen LogP contribution in [0.15, 0.2) is 41.8 Å². The summed E-state index contributed by atoms with van der Waals surface area (Å²) in [6, 6.07) is 12.5. The van der Waals surface area contributed by atoms with E-state index in [-0.39, 0.29) is 6.04 Å². The predicted octanol–water partition coefficient (Wildman–Crippen LogP) is 3.10. The Kier molecular flexibility index (Phi) is 4.93. The van der Waals surface area contributed by atoms with Gasteiger partial charge < -0.3 is 11.1 Å². The van der Waals surface area contributed by atoms with Gasteiger partial charge in [-0.15, -0.1) is 11.3 Å². The van der Waals surface area contributed by atoms with Crippen LogP contribution in [0.25, 0.3) is 0 Å². The third kappa shape index (κ3) is 3.42. The number of aryl methyl sites for hydroxylation is 1. The Morgan fingerprint density at radius 3 is 2.72 bits per heavy atom. The Hall–Kier alpha value is -1.16. The highest BCUT2D eigenvalue weighted by atomic mass is 32.1. The number of hydrogen-bond donors (Lipinski definition) is 2. The van der Waals surface area contributed by atoms with Gasteiger partial charge in [0.2, 0.25) is 0 Å². The van der Waals surface area contributed by atoms with Gasteiger partial charge in [0.15, 0.2) is 0 Å². The normalized spacial score (nSPS) is 12.6. The van der Waals surface area contributed by atoms with Crippen LogP contribution in [0.1, 0.15) is 29.0 Å². The van der Waals surface area contributed by atoms with Crippen LogP contribution in [0.5, 0.6) is 0 Å². The average molecular weight is 260 g/mol. The smallest absolute Gasteiger partial charge is 0.0421 e. The van der Waals surface area contributed by atoms with E-state index in [1.165, 1.54) is 16.0 Å². The van der Waals surface area contributed by atoms with E-state index >= 15 is 0 Å². The first kappa shape index (κ1) is 13.3. The van der Waals surface area contributed by atoms with Crippen LogP contribution in [0.2, 0.25) is 0 Å². The third-order valence-corrected chi connectivity index (χ3v) is 4.06. The average Bonchev–Trinajstić information content (AvgIpc) is 2.87. The molecule has 0 saturated carbocycles. The standard InChI is InChI=1S/C15H20N2S/c1-2-12-8-9-18-15(12)11-17-10-14(16)13-6-4-3-5-7-13/h3-9,14,17H,2,10-11,16H2,1H3. The highest BCUT2D eigenvalue weighted by Crippen LogP contribution is 2.17. The molecule has 0 aliphatic heterocycles. The fourth-order valence-electron chi connectivity index (χ4n) is 2.00. The van der Waals surface area contributed by atoms with Crippen LogP contribution in [0.3, 0.4) is 0 Å². The highest BCUT2D eigenvalue weighted by Gasteiger charge is 2.06. The lowest BCUT2D eigenvalue weighted by atomic mass is 10.1. The molecule has 0 aliphatic rings. The van der Waals surface area contributed by atoms with Crippen molar-refractivity contribution in [1.29, 1.82) is 0 Å². The number of nitrogens with one attached hydrogen (secondary N) is 1. The second-order valence-electron chi connectivity index (χ2n) is 4.37. The molecule has 2 nitrogen and oxygen atoms in total. The van der Waals surface area contributed by atoms with Crippen LogP contribution in [-0.4, -0.2) is 6.54 Å². The highest BCUT2D eigenvalue weighted by molar-refractivity contribution is 7.10. The molecule has 2 aromatic rings. The molecule has 1 aromatic heterocycles. The Balaban J connectivity index is 1.82. The Morgan fingerprint density at radius 1 is 1.22 bits per heavy atom. The van der Waals surface area contributed by atoms with Crippen molar-refractivity contribution < 1.29 is 0 Å². The molecule has 1 heterocycles. The summed E-state index contributed by atoms with van der Waals surface area (Å²) in [7, 11) is 0. The van der Waals surface area contributed by atoms with Gasteiger partial charge in [-0.3, -0.25) is 0 Å². The lowest BCUT2D eigenvalue weighted by Gasteiger charge is -2.13. The Morgan fingerprint density at radius 2 is 2.00 bits per heavy atom. The molecule has 2 rings (SSSR count). The van der Waals surface area contributed by atoms with Gasteiger partial charge in [0.1, 0.15) is 0 Å². The van der Waals surface area contributed by atoms with Gasteiger partial charge in [-0.05, 0) is 29.0 Å². The summed E-state index contributed by atoms with van der Waals surface area (Å²) in [6.07, 6.45) is 1.10. The van der Waals surface area contributed by atoms with Crippen LogP contribution >= 0.6 is 11.3 Å². The number of thiophene rings is 1. The maximum Gasteiger partial charge on any atom is 0.0421 e. The summed E-state index contributed by atoms with van der Waals surface area (Å²) < 4.78 is 0. The Labute approximate surface area is 113 Å². The maximum absolute atomic E-state index is 6.15. The SMILES string of the molecule is CCc1ccsc1CNCC(N)c1ccccc1. The number of benzene rings is 1. The molecule has 3 N–H and O–H groups in total. The van der Waals surface area contributed by atoms with E-state index < -0.39 is 0 Å². The zero-order valence-electron chi connectivity index (χ0n) is 10.7. The van der Waals surface area contributed by atoms with Gasteiger partial charge >= 0.3 is 0 Å². The largest absolute Gasteiger partial charge is 0.323 e. The molecule has 0 spiro atoms. The molecule has 96 valence electrons. The van der Waals surface area contributed by atoms with Crippen molar-refractivity contribution in [3.05, 3.63) is 57.8 Å². The van der Waals surface area contributed by atoms with Crippen molar-refractivity contribution in [2.45, 2.75) is 25.9 Å². The molecule has 0 bridgehead atoms. The fraction of sp³-hybridized carbons (Fsp3) is 0.333. The molecule has 0 radical (unpaired) electrons. The minimum absolute atomic E-state index is 0.0660. The van der Waals surface area contributed by atoms with Gasteiger partial charge in [0.25, 0.3) is 0 Å². The minimum atomic E-state index is 0.0660. The summed E-state index contributed by atoms with van der Waals surface area (Å²) in [5.41, 5.74) is 8.78. The molecular weight excluding hydrogens is 240 g/mol. The molecular formula is C15H20N2S. The maximum atomic E-state index is 6.15. The zero-order valence-corrected chi connectivity index (χ0v) is 11.5. The number of nitrogens with two attached hydrogens (primary N) is 1. The van der Waals surface area contributed by atoms with Crippen molar-refractivity contribution in [1.82, 2.24) is 5.32 Å². The quantitative estimate of drug-likeness (QED) is 0.837.